The number of halogens is 1. The van der Waals surface area contributed by atoms with Crippen molar-refractivity contribution in [1.29, 1.82) is 0 Å². The zero-order valence-electron chi connectivity index (χ0n) is 8.11. The molecule has 5 nitrogen and oxygen atoms in total. The van der Waals surface area contributed by atoms with Gasteiger partial charge in [0.05, 0.1) is 6.54 Å². The predicted octanol–water partition coefficient (Wildman–Crippen LogP) is 0.292. The first-order valence-electron chi connectivity index (χ1n) is 4.16. The number of rotatable bonds is 3. The Morgan fingerprint density at radius 2 is 2.27 bits per heavy atom. The summed E-state index contributed by atoms with van der Waals surface area (Å²) in [6, 6.07) is 2.99. The number of primary amides is 1. The smallest absolute Gasteiger partial charge is 0.272 e. The van der Waals surface area contributed by atoms with Gasteiger partial charge in [-0.1, -0.05) is 11.6 Å². The lowest BCUT2D eigenvalue weighted by Gasteiger charge is -2.14. The molecule has 6 heteroatoms. The lowest BCUT2D eigenvalue weighted by Crippen LogP contribution is -2.35. The number of amides is 2. The van der Waals surface area contributed by atoms with Crippen LogP contribution in [0.2, 0.25) is 5.02 Å². The van der Waals surface area contributed by atoms with Gasteiger partial charge in [-0.2, -0.15) is 0 Å². The molecule has 0 fully saturated rings. The molecule has 0 radical (unpaired) electrons. The maximum atomic E-state index is 11.6. The Morgan fingerprint density at radius 3 is 2.80 bits per heavy atom. The number of aromatic nitrogens is 1. The first-order valence-corrected chi connectivity index (χ1v) is 4.54. The van der Waals surface area contributed by atoms with E-state index in [1.165, 1.54) is 24.2 Å². The Balaban J connectivity index is 2.80. The fourth-order valence-corrected chi connectivity index (χ4v) is 1.18. The number of pyridine rings is 1. The molecule has 0 unspecified atom stereocenters. The minimum atomic E-state index is -0.576. The van der Waals surface area contributed by atoms with E-state index in [9.17, 15) is 9.59 Å². The van der Waals surface area contributed by atoms with Crippen molar-refractivity contribution >= 4 is 23.4 Å². The number of nitrogens with two attached hydrogens (primary N) is 1. The van der Waals surface area contributed by atoms with E-state index in [1.807, 2.05) is 0 Å². The summed E-state index contributed by atoms with van der Waals surface area (Å²) < 4.78 is 0. The van der Waals surface area contributed by atoms with E-state index in [0.29, 0.717) is 5.02 Å². The van der Waals surface area contributed by atoms with Gasteiger partial charge in [-0.3, -0.25) is 14.6 Å². The van der Waals surface area contributed by atoms with Gasteiger partial charge in [0.25, 0.3) is 5.91 Å². The maximum absolute atomic E-state index is 11.6. The zero-order chi connectivity index (χ0) is 11.4. The van der Waals surface area contributed by atoms with Crippen LogP contribution in [0.5, 0.6) is 0 Å². The summed E-state index contributed by atoms with van der Waals surface area (Å²) in [7, 11) is 1.47. The molecule has 1 heterocycles. The Kier molecular flexibility index (Phi) is 3.62. The molecular weight excluding hydrogens is 218 g/mol. The van der Waals surface area contributed by atoms with Gasteiger partial charge in [0.15, 0.2) is 0 Å². The van der Waals surface area contributed by atoms with E-state index in [0.717, 1.165) is 0 Å². The molecule has 0 aliphatic heterocycles. The molecule has 0 saturated heterocycles. The van der Waals surface area contributed by atoms with Gasteiger partial charge >= 0.3 is 0 Å². The lowest BCUT2D eigenvalue weighted by molar-refractivity contribution is -0.118. The van der Waals surface area contributed by atoms with E-state index in [2.05, 4.69) is 4.98 Å². The Hall–Kier alpha value is -1.62. The second kappa shape index (κ2) is 4.75. The summed E-state index contributed by atoms with van der Waals surface area (Å²) in [5, 5.41) is 0.417. The standard InChI is InChI=1S/C9H10ClN3O2/c1-13(5-8(11)14)9(15)7-4-6(10)2-3-12-7/h2-4H,5H2,1H3,(H2,11,14). The summed E-state index contributed by atoms with van der Waals surface area (Å²) in [5.41, 5.74) is 5.15. The predicted molar refractivity (Wildman–Crippen MR) is 55.4 cm³/mol. The molecule has 0 aliphatic carbocycles. The highest BCUT2D eigenvalue weighted by molar-refractivity contribution is 6.30. The van der Waals surface area contributed by atoms with Gasteiger partial charge < -0.3 is 10.6 Å². The normalized spacial score (nSPS) is 9.73. The number of nitrogens with zero attached hydrogens (tertiary/aromatic N) is 2. The molecule has 1 rings (SSSR count). The molecule has 0 atom stereocenters. The van der Waals surface area contributed by atoms with E-state index in [-0.39, 0.29) is 12.2 Å². The SMILES string of the molecule is CN(CC(N)=O)C(=O)c1cc(Cl)ccn1. The lowest BCUT2D eigenvalue weighted by atomic mass is 10.3. The molecule has 2 N–H and O–H groups in total. The second-order valence-corrected chi connectivity index (χ2v) is 3.42. The van der Waals surface area contributed by atoms with E-state index in [1.54, 1.807) is 6.07 Å². The highest BCUT2D eigenvalue weighted by Gasteiger charge is 2.14. The quantitative estimate of drug-likeness (QED) is 0.807. The van der Waals surface area contributed by atoms with Crippen molar-refractivity contribution < 1.29 is 9.59 Å². The molecule has 2 amide bonds. The molecule has 80 valence electrons. The Labute approximate surface area is 91.8 Å². The van der Waals surface area contributed by atoms with Gasteiger partial charge in [0, 0.05) is 18.3 Å². The number of carbonyl (C=O) groups excluding carboxylic acids is 2. The van der Waals surface area contributed by atoms with Crippen LogP contribution in [0.25, 0.3) is 0 Å². The molecular formula is C9H10ClN3O2. The first-order chi connectivity index (χ1) is 7.00. The van der Waals surface area contributed by atoms with Crippen LogP contribution in [-0.2, 0) is 4.79 Å². The molecule has 0 bridgehead atoms. The van der Waals surface area contributed by atoms with Crippen LogP contribution in [0, 0.1) is 0 Å². The van der Waals surface area contributed by atoms with Crippen molar-refractivity contribution in [2.75, 3.05) is 13.6 Å². The third-order valence-electron chi connectivity index (χ3n) is 1.68. The van der Waals surface area contributed by atoms with Crippen LogP contribution < -0.4 is 5.73 Å². The number of carbonyl (C=O) groups is 2. The van der Waals surface area contributed by atoms with Crippen LogP contribution >= 0.6 is 11.6 Å². The maximum Gasteiger partial charge on any atom is 0.272 e. The Bertz CT molecular complexity index is 395. The minimum absolute atomic E-state index is 0.146. The van der Waals surface area contributed by atoms with Crippen molar-refractivity contribution in [3.05, 3.63) is 29.0 Å². The fourth-order valence-electron chi connectivity index (χ4n) is 1.02. The summed E-state index contributed by atoms with van der Waals surface area (Å²) in [5.74, 6) is -0.968. The van der Waals surface area contributed by atoms with Gasteiger partial charge in [-0.05, 0) is 12.1 Å². The average molecular weight is 228 g/mol. The van der Waals surface area contributed by atoms with E-state index < -0.39 is 11.8 Å². The highest BCUT2D eigenvalue weighted by Crippen LogP contribution is 2.09. The van der Waals surface area contributed by atoms with Crippen molar-refractivity contribution in [3.8, 4) is 0 Å². The summed E-state index contributed by atoms with van der Waals surface area (Å²) >= 11 is 5.70. The van der Waals surface area contributed by atoms with Gasteiger partial charge in [0.1, 0.15) is 5.69 Å². The molecule has 15 heavy (non-hydrogen) atoms. The number of likely N-dealkylation sites (N-methyl/N-ethyl adjacent to an activating group) is 1. The number of hydrogen-bond donors (Lipinski definition) is 1. The van der Waals surface area contributed by atoms with Crippen molar-refractivity contribution in [2.45, 2.75) is 0 Å². The van der Waals surface area contributed by atoms with Crippen LogP contribution in [0.4, 0.5) is 0 Å². The summed E-state index contributed by atoms with van der Waals surface area (Å²) in [4.78, 5) is 27.2. The minimum Gasteiger partial charge on any atom is -0.368 e. The summed E-state index contributed by atoms with van der Waals surface area (Å²) in [6.45, 7) is -0.146. The molecule has 1 aromatic rings. The monoisotopic (exact) mass is 227 g/mol. The van der Waals surface area contributed by atoms with Crippen molar-refractivity contribution in [2.24, 2.45) is 5.73 Å². The van der Waals surface area contributed by atoms with E-state index in [4.69, 9.17) is 17.3 Å². The van der Waals surface area contributed by atoms with Crippen molar-refractivity contribution in [1.82, 2.24) is 9.88 Å². The van der Waals surface area contributed by atoms with Crippen molar-refractivity contribution in [3.63, 3.8) is 0 Å². The zero-order valence-corrected chi connectivity index (χ0v) is 8.86. The average Bonchev–Trinajstić information content (AvgIpc) is 2.15. The van der Waals surface area contributed by atoms with Crippen LogP contribution in [0.15, 0.2) is 18.3 Å². The topological polar surface area (TPSA) is 76.3 Å². The first kappa shape index (κ1) is 11.5. The van der Waals surface area contributed by atoms with Gasteiger partial charge in [-0.25, -0.2) is 0 Å². The third-order valence-corrected chi connectivity index (χ3v) is 1.92. The Morgan fingerprint density at radius 1 is 1.60 bits per heavy atom. The largest absolute Gasteiger partial charge is 0.368 e. The number of hydrogen-bond acceptors (Lipinski definition) is 3. The second-order valence-electron chi connectivity index (χ2n) is 2.99. The molecule has 1 aromatic heterocycles. The summed E-state index contributed by atoms with van der Waals surface area (Å²) in [6.07, 6.45) is 1.42. The third kappa shape index (κ3) is 3.21. The fraction of sp³-hybridized carbons (Fsp3) is 0.222. The van der Waals surface area contributed by atoms with Crippen LogP contribution in [-0.4, -0.2) is 35.3 Å². The molecule has 0 aliphatic rings. The van der Waals surface area contributed by atoms with Crippen LogP contribution in [0.1, 0.15) is 10.5 Å². The molecule has 0 aromatic carbocycles. The van der Waals surface area contributed by atoms with E-state index >= 15 is 0 Å². The molecule has 0 spiro atoms. The van der Waals surface area contributed by atoms with Crippen LogP contribution in [0.3, 0.4) is 0 Å². The van der Waals surface area contributed by atoms with Gasteiger partial charge in [-0.15, -0.1) is 0 Å². The highest BCUT2D eigenvalue weighted by atomic mass is 35.5. The molecule has 0 saturated carbocycles. The van der Waals surface area contributed by atoms with Gasteiger partial charge in [0.2, 0.25) is 5.91 Å².